The van der Waals surface area contributed by atoms with Gasteiger partial charge < -0.3 is 30.3 Å². The number of ether oxygens (including phenoxy) is 2. The molecular weight excluding hydrogens is 572 g/mol. The van der Waals surface area contributed by atoms with Gasteiger partial charge in [-0.2, -0.15) is 0 Å². The van der Waals surface area contributed by atoms with Gasteiger partial charge in [0.25, 0.3) is 5.91 Å². The Hall–Kier alpha value is -4.86. The van der Waals surface area contributed by atoms with Gasteiger partial charge >= 0.3 is 0 Å². The van der Waals surface area contributed by atoms with Gasteiger partial charge in [0.05, 0.1) is 25.1 Å². The van der Waals surface area contributed by atoms with E-state index in [0.717, 1.165) is 11.1 Å². The van der Waals surface area contributed by atoms with E-state index in [2.05, 4.69) is 16.0 Å². The second-order valence-electron chi connectivity index (χ2n) is 11.3. The summed E-state index contributed by atoms with van der Waals surface area (Å²) in [6, 6.07) is 22.3. The predicted octanol–water partition coefficient (Wildman–Crippen LogP) is 3.81. The molecule has 4 amide bonds. The van der Waals surface area contributed by atoms with Gasteiger partial charge in [-0.1, -0.05) is 68.4 Å². The van der Waals surface area contributed by atoms with Crippen LogP contribution in [0.5, 0.6) is 11.5 Å². The van der Waals surface area contributed by atoms with Crippen LogP contribution in [0, 0.1) is 5.92 Å². The van der Waals surface area contributed by atoms with Gasteiger partial charge in [-0.15, -0.1) is 0 Å². The number of hydrogen-bond donors (Lipinski definition) is 3. The SMILES string of the molecule is CCN1CCOc2ccccc2C(=O)N[C@H](C(=O)NCCOc2ccc(-c3ccccc3)cc2)CC(=O)N[C@H](CC(C)C)C1=O. The molecule has 10 nitrogen and oxygen atoms in total. The lowest BCUT2D eigenvalue weighted by Crippen LogP contribution is -2.53. The Morgan fingerprint density at radius 1 is 0.956 bits per heavy atom. The van der Waals surface area contributed by atoms with Gasteiger partial charge in [0.1, 0.15) is 36.8 Å². The van der Waals surface area contributed by atoms with Crippen LogP contribution in [0.25, 0.3) is 11.1 Å². The summed E-state index contributed by atoms with van der Waals surface area (Å²) < 4.78 is 11.7. The number of carbonyl (C=O) groups is 4. The number of hydrogen-bond acceptors (Lipinski definition) is 6. The highest BCUT2D eigenvalue weighted by atomic mass is 16.5. The molecule has 3 aromatic carbocycles. The molecule has 0 bridgehead atoms. The van der Waals surface area contributed by atoms with Crippen molar-refractivity contribution in [3.63, 3.8) is 0 Å². The molecule has 45 heavy (non-hydrogen) atoms. The molecule has 4 rings (SSSR count). The molecule has 10 heteroatoms. The van der Waals surface area contributed by atoms with Crippen molar-refractivity contribution >= 4 is 23.6 Å². The number of carbonyl (C=O) groups excluding carboxylic acids is 4. The second-order valence-corrected chi connectivity index (χ2v) is 11.3. The summed E-state index contributed by atoms with van der Waals surface area (Å²) in [7, 11) is 0. The smallest absolute Gasteiger partial charge is 0.255 e. The number of likely N-dealkylation sites (N-methyl/N-ethyl adjacent to an activating group) is 1. The Morgan fingerprint density at radius 2 is 1.64 bits per heavy atom. The molecule has 0 saturated carbocycles. The van der Waals surface area contributed by atoms with Gasteiger partial charge in [0.2, 0.25) is 17.7 Å². The number of nitrogens with zero attached hydrogens (tertiary/aromatic N) is 1. The minimum absolute atomic E-state index is 0.133. The van der Waals surface area contributed by atoms with Crippen molar-refractivity contribution in [1.29, 1.82) is 0 Å². The van der Waals surface area contributed by atoms with E-state index in [1.54, 1.807) is 29.2 Å². The molecule has 0 radical (unpaired) electrons. The first kappa shape index (κ1) is 33.0. The maximum absolute atomic E-state index is 13.4. The van der Waals surface area contributed by atoms with Crippen molar-refractivity contribution in [2.75, 3.05) is 32.8 Å². The quantitative estimate of drug-likeness (QED) is 0.315. The predicted molar refractivity (Wildman–Crippen MR) is 172 cm³/mol. The topological polar surface area (TPSA) is 126 Å². The van der Waals surface area contributed by atoms with E-state index < -0.39 is 29.8 Å². The van der Waals surface area contributed by atoms with Crippen molar-refractivity contribution in [3.8, 4) is 22.6 Å². The standard InChI is InChI=1S/C35H42N4O6/c1-4-39-19-21-45-31-13-9-8-12-28(31)33(41)38-29(23-32(40)37-30(35(39)43)22-24(2)3)34(42)36-18-20-44-27-16-14-26(15-17-27)25-10-6-5-7-11-25/h5-17,24,29-30H,4,18-23H2,1-3H3,(H,36,42)(H,37,40)(H,38,41)/t29-,30+/m0/s1. The van der Waals surface area contributed by atoms with Gasteiger partial charge in [0.15, 0.2) is 0 Å². The maximum atomic E-state index is 13.4. The lowest BCUT2D eigenvalue weighted by atomic mass is 10.0. The van der Waals surface area contributed by atoms with Crippen LogP contribution >= 0.6 is 0 Å². The van der Waals surface area contributed by atoms with Crippen molar-refractivity contribution < 1.29 is 28.7 Å². The maximum Gasteiger partial charge on any atom is 0.255 e. The third kappa shape index (κ3) is 9.56. The van der Waals surface area contributed by atoms with Crippen molar-refractivity contribution in [2.45, 2.75) is 45.7 Å². The summed E-state index contributed by atoms with van der Waals surface area (Å²) in [4.78, 5) is 54.9. The fraction of sp³-hybridized carbons (Fsp3) is 0.371. The first-order chi connectivity index (χ1) is 21.7. The summed E-state index contributed by atoms with van der Waals surface area (Å²) >= 11 is 0. The zero-order valence-electron chi connectivity index (χ0n) is 26.1. The zero-order valence-corrected chi connectivity index (χ0v) is 26.1. The highest BCUT2D eigenvalue weighted by molar-refractivity contribution is 6.01. The van der Waals surface area contributed by atoms with Crippen LogP contribution in [0.1, 0.15) is 44.0 Å². The second kappa shape index (κ2) is 16.3. The van der Waals surface area contributed by atoms with E-state index in [1.807, 2.05) is 75.4 Å². The molecule has 3 N–H and O–H groups in total. The van der Waals surface area contributed by atoms with Crippen LogP contribution in [-0.4, -0.2) is 73.5 Å². The van der Waals surface area contributed by atoms with Crippen molar-refractivity contribution in [2.24, 2.45) is 5.92 Å². The molecule has 238 valence electrons. The molecule has 0 aromatic heterocycles. The van der Waals surface area contributed by atoms with Gasteiger partial charge in [-0.25, -0.2) is 0 Å². The third-order valence-corrected chi connectivity index (χ3v) is 7.43. The molecule has 3 aromatic rings. The highest BCUT2D eigenvalue weighted by Crippen LogP contribution is 2.22. The lowest BCUT2D eigenvalue weighted by Gasteiger charge is -2.29. The summed E-state index contributed by atoms with van der Waals surface area (Å²) in [5.41, 5.74) is 2.38. The van der Waals surface area contributed by atoms with Crippen LogP contribution < -0.4 is 25.4 Å². The first-order valence-corrected chi connectivity index (χ1v) is 15.4. The lowest BCUT2D eigenvalue weighted by molar-refractivity contribution is -0.137. The number of nitrogens with one attached hydrogen (secondary N) is 3. The third-order valence-electron chi connectivity index (χ3n) is 7.43. The summed E-state index contributed by atoms with van der Waals surface area (Å²) in [6.07, 6.45) is 0.0774. The highest BCUT2D eigenvalue weighted by Gasteiger charge is 2.30. The van der Waals surface area contributed by atoms with Crippen LogP contribution in [0.3, 0.4) is 0 Å². The molecule has 0 fully saturated rings. The molecule has 0 saturated heterocycles. The molecule has 1 aliphatic heterocycles. The van der Waals surface area contributed by atoms with Crippen molar-refractivity contribution in [1.82, 2.24) is 20.9 Å². The number of amides is 4. The number of fused-ring (bicyclic) bond motifs is 1. The number of rotatable bonds is 9. The number of para-hydroxylation sites is 1. The number of benzene rings is 3. The summed E-state index contributed by atoms with van der Waals surface area (Å²) in [5, 5.41) is 8.27. The van der Waals surface area contributed by atoms with Gasteiger partial charge in [0, 0.05) is 6.54 Å². The summed E-state index contributed by atoms with van der Waals surface area (Å²) in [6.45, 7) is 7.00. The van der Waals surface area contributed by atoms with Crippen LogP contribution in [0.4, 0.5) is 0 Å². The fourth-order valence-corrected chi connectivity index (χ4v) is 5.11. The van der Waals surface area contributed by atoms with Crippen LogP contribution in [-0.2, 0) is 14.4 Å². The Bertz CT molecular complexity index is 1440. The van der Waals surface area contributed by atoms with E-state index in [0.29, 0.717) is 31.0 Å². The van der Waals surface area contributed by atoms with E-state index >= 15 is 0 Å². The Balaban J connectivity index is 1.44. The summed E-state index contributed by atoms with van der Waals surface area (Å²) in [5.74, 6) is -0.720. The molecule has 0 unspecified atom stereocenters. The minimum atomic E-state index is -1.20. The van der Waals surface area contributed by atoms with Gasteiger partial charge in [-0.05, 0) is 54.7 Å². The normalized spacial score (nSPS) is 17.8. The monoisotopic (exact) mass is 614 g/mol. The average Bonchev–Trinajstić information content (AvgIpc) is 3.04. The molecule has 2 atom stereocenters. The fourth-order valence-electron chi connectivity index (χ4n) is 5.11. The molecule has 0 spiro atoms. The first-order valence-electron chi connectivity index (χ1n) is 15.4. The molecule has 1 heterocycles. The van der Waals surface area contributed by atoms with Crippen LogP contribution in [0.2, 0.25) is 0 Å². The van der Waals surface area contributed by atoms with Crippen LogP contribution in [0.15, 0.2) is 78.9 Å². The Labute approximate surface area is 264 Å². The minimum Gasteiger partial charge on any atom is -0.492 e. The van der Waals surface area contributed by atoms with E-state index in [1.165, 1.54) is 0 Å². The zero-order chi connectivity index (χ0) is 32.2. The Kier molecular flexibility index (Phi) is 12.0. The molecule has 1 aliphatic rings. The Morgan fingerprint density at radius 3 is 2.36 bits per heavy atom. The largest absolute Gasteiger partial charge is 0.492 e. The van der Waals surface area contributed by atoms with E-state index in [4.69, 9.17) is 9.47 Å². The molecular formula is C35H42N4O6. The van der Waals surface area contributed by atoms with Gasteiger partial charge in [-0.3, -0.25) is 19.2 Å². The van der Waals surface area contributed by atoms with E-state index in [9.17, 15) is 19.2 Å². The van der Waals surface area contributed by atoms with Crippen molar-refractivity contribution in [3.05, 3.63) is 84.4 Å². The average molecular weight is 615 g/mol. The molecule has 0 aliphatic carbocycles. The van der Waals surface area contributed by atoms with E-state index in [-0.39, 0.29) is 43.6 Å².